The minimum Gasteiger partial charge on any atom is -0.506 e. The largest absolute Gasteiger partial charge is 0.506 e. The number of halogens is 1. The van der Waals surface area contributed by atoms with E-state index in [-0.39, 0.29) is 5.75 Å². The number of fused-ring (bicyclic) bond motifs is 1. The van der Waals surface area contributed by atoms with Gasteiger partial charge in [-0.25, -0.2) is 4.98 Å². The van der Waals surface area contributed by atoms with Crippen molar-refractivity contribution in [3.05, 3.63) is 35.0 Å². The quantitative estimate of drug-likeness (QED) is 0.779. The molecular weight excluding hydrogens is 198 g/mol. The lowest BCUT2D eigenvalue weighted by molar-refractivity contribution is 0.466. The summed E-state index contributed by atoms with van der Waals surface area (Å²) in [7, 11) is 0. The molecule has 2 rings (SSSR count). The highest BCUT2D eigenvalue weighted by molar-refractivity contribution is 6.31. The standard InChI is InChI=1S/C11H10ClNO/c1-2-9-11(14)6-7-5-8(12)3-4-10(7)13-9/h3-6,14H,2H2,1H3. The zero-order chi connectivity index (χ0) is 10.1. The molecule has 0 radical (unpaired) electrons. The number of nitrogens with zero attached hydrogens (tertiary/aromatic N) is 1. The number of rotatable bonds is 1. The van der Waals surface area contributed by atoms with E-state index in [0.717, 1.165) is 23.0 Å². The van der Waals surface area contributed by atoms with Crippen LogP contribution in [0.1, 0.15) is 12.6 Å². The maximum absolute atomic E-state index is 9.59. The Morgan fingerprint density at radius 3 is 2.86 bits per heavy atom. The molecule has 2 aromatic rings. The summed E-state index contributed by atoms with van der Waals surface area (Å²) in [6, 6.07) is 7.15. The van der Waals surface area contributed by atoms with Crippen molar-refractivity contribution < 1.29 is 5.11 Å². The monoisotopic (exact) mass is 207 g/mol. The zero-order valence-electron chi connectivity index (χ0n) is 7.79. The molecule has 0 atom stereocenters. The van der Waals surface area contributed by atoms with Gasteiger partial charge in [0.15, 0.2) is 0 Å². The van der Waals surface area contributed by atoms with E-state index in [1.807, 2.05) is 13.0 Å². The fraction of sp³-hybridized carbons (Fsp3) is 0.182. The van der Waals surface area contributed by atoms with E-state index in [0.29, 0.717) is 5.02 Å². The molecule has 14 heavy (non-hydrogen) atoms. The summed E-state index contributed by atoms with van der Waals surface area (Å²) in [4.78, 5) is 4.33. The second kappa shape index (κ2) is 3.46. The van der Waals surface area contributed by atoms with Gasteiger partial charge >= 0.3 is 0 Å². The van der Waals surface area contributed by atoms with Crippen LogP contribution >= 0.6 is 11.6 Å². The van der Waals surface area contributed by atoms with Crippen LogP contribution < -0.4 is 0 Å². The van der Waals surface area contributed by atoms with Gasteiger partial charge in [-0.1, -0.05) is 18.5 Å². The first kappa shape index (κ1) is 9.28. The summed E-state index contributed by atoms with van der Waals surface area (Å²) in [6.45, 7) is 1.96. The molecule has 0 aliphatic carbocycles. The van der Waals surface area contributed by atoms with Gasteiger partial charge in [0.2, 0.25) is 0 Å². The van der Waals surface area contributed by atoms with E-state index in [1.54, 1.807) is 18.2 Å². The number of aromatic hydroxyl groups is 1. The lowest BCUT2D eigenvalue weighted by Crippen LogP contribution is -1.88. The number of hydrogen-bond donors (Lipinski definition) is 1. The summed E-state index contributed by atoms with van der Waals surface area (Å²) in [5.74, 6) is 0.238. The lowest BCUT2D eigenvalue weighted by atomic mass is 10.1. The highest BCUT2D eigenvalue weighted by Crippen LogP contribution is 2.24. The normalized spacial score (nSPS) is 10.7. The predicted octanol–water partition coefficient (Wildman–Crippen LogP) is 3.16. The average molecular weight is 208 g/mol. The molecule has 0 saturated heterocycles. The molecule has 2 nitrogen and oxygen atoms in total. The van der Waals surface area contributed by atoms with E-state index in [1.165, 1.54) is 0 Å². The van der Waals surface area contributed by atoms with E-state index in [4.69, 9.17) is 11.6 Å². The molecule has 3 heteroatoms. The summed E-state index contributed by atoms with van der Waals surface area (Å²) < 4.78 is 0. The minimum atomic E-state index is 0.238. The molecule has 72 valence electrons. The zero-order valence-corrected chi connectivity index (χ0v) is 8.54. The van der Waals surface area contributed by atoms with Crippen LogP contribution in [0.4, 0.5) is 0 Å². The molecule has 0 aliphatic heterocycles. The Morgan fingerprint density at radius 1 is 1.36 bits per heavy atom. The van der Waals surface area contributed by atoms with E-state index >= 15 is 0 Å². The van der Waals surface area contributed by atoms with Gasteiger partial charge in [-0.15, -0.1) is 0 Å². The second-order valence-electron chi connectivity index (χ2n) is 3.14. The molecule has 1 aromatic heterocycles. The van der Waals surface area contributed by atoms with Crippen LogP contribution in [0.5, 0.6) is 5.75 Å². The molecule has 1 aromatic carbocycles. The second-order valence-corrected chi connectivity index (χ2v) is 3.58. The predicted molar refractivity (Wildman–Crippen MR) is 57.8 cm³/mol. The number of pyridine rings is 1. The van der Waals surface area contributed by atoms with Gasteiger partial charge in [-0.3, -0.25) is 0 Å². The van der Waals surface area contributed by atoms with Crippen LogP contribution in [0.3, 0.4) is 0 Å². The molecular formula is C11H10ClNO. The highest BCUT2D eigenvalue weighted by atomic mass is 35.5. The summed E-state index contributed by atoms with van der Waals surface area (Å²) in [6.07, 6.45) is 0.727. The van der Waals surface area contributed by atoms with E-state index in [2.05, 4.69) is 4.98 Å². The Morgan fingerprint density at radius 2 is 2.14 bits per heavy atom. The van der Waals surface area contributed by atoms with E-state index < -0.39 is 0 Å². The minimum absolute atomic E-state index is 0.238. The van der Waals surface area contributed by atoms with Crippen LogP contribution in [0, 0.1) is 0 Å². The maximum Gasteiger partial charge on any atom is 0.137 e. The Kier molecular flexibility index (Phi) is 2.30. The summed E-state index contributed by atoms with van der Waals surface area (Å²) in [5, 5.41) is 11.1. The van der Waals surface area contributed by atoms with Crippen molar-refractivity contribution in [3.8, 4) is 5.75 Å². The molecule has 0 amide bonds. The highest BCUT2D eigenvalue weighted by Gasteiger charge is 2.03. The van der Waals surface area contributed by atoms with Gasteiger partial charge in [0, 0.05) is 10.4 Å². The topological polar surface area (TPSA) is 33.1 Å². The van der Waals surface area contributed by atoms with Crippen molar-refractivity contribution in [2.45, 2.75) is 13.3 Å². The lowest BCUT2D eigenvalue weighted by Gasteiger charge is -2.03. The Labute approximate surface area is 87.2 Å². The first-order valence-electron chi connectivity index (χ1n) is 4.49. The third-order valence-electron chi connectivity index (χ3n) is 2.17. The SMILES string of the molecule is CCc1nc2ccc(Cl)cc2cc1O. The summed E-state index contributed by atoms with van der Waals surface area (Å²) >= 11 is 5.84. The molecule has 0 fully saturated rings. The van der Waals surface area contributed by atoms with Crippen LogP contribution in [0.2, 0.25) is 5.02 Å². The van der Waals surface area contributed by atoms with Crippen molar-refractivity contribution in [3.63, 3.8) is 0 Å². The van der Waals surface area contributed by atoms with Crippen LogP contribution in [-0.4, -0.2) is 10.1 Å². The third kappa shape index (κ3) is 1.53. The molecule has 0 aliphatic rings. The van der Waals surface area contributed by atoms with Crippen LogP contribution in [-0.2, 0) is 6.42 Å². The molecule has 0 unspecified atom stereocenters. The molecule has 0 saturated carbocycles. The van der Waals surface area contributed by atoms with Crippen molar-refractivity contribution in [2.24, 2.45) is 0 Å². The molecule has 0 spiro atoms. The third-order valence-corrected chi connectivity index (χ3v) is 2.40. The summed E-state index contributed by atoms with van der Waals surface area (Å²) in [5.41, 5.74) is 1.59. The van der Waals surface area contributed by atoms with E-state index in [9.17, 15) is 5.11 Å². The maximum atomic E-state index is 9.59. The van der Waals surface area contributed by atoms with Crippen molar-refractivity contribution >= 4 is 22.5 Å². The molecule has 1 heterocycles. The number of aryl methyl sites for hydroxylation is 1. The first-order chi connectivity index (χ1) is 6.70. The Hall–Kier alpha value is -1.28. The number of benzene rings is 1. The Bertz CT molecular complexity index is 482. The van der Waals surface area contributed by atoms with Gasteiger partial charge in [-0.2, -0.15) is 0 Å². The van der Waals surface area contributed by atoms with Gasteiger partial charge in [0.05, 0.1) is 11.2 Å². The average Bonchev–Trinajstić information content (AvgIpc) is 2.16. The smallest absolute Gasteiger partial charge is 0.137 e. The molecule has 1 N–H and O–H groups in total. The molecule has 0 bridgehead atoms. The van der Waals surface area contributed by atoms with Crippen molar-refractivity contribution in [1.82, 2.24) is 4.98 Å². The fourth-order valence-electron chi connectivity index (χ4n) is 1.44. The van der Waals surface area contributed by atoms with Crippen LogP contribution in [0.25, 0.3) is 10.9 Å². The fourth-order valence-corrected chi connectivity index (χ4v) is 1.62. The van der Waals surface area contributed by atoms with Gasteiger partial charge in [0.25, 0.3) is 0 Å². The van der Waals surface area contributed by atoms with Gasteiger partial charge in [-0.05, 0) is 30.7 Å². The van der Waals surface area contributed by atoms with Gasteiger partial charge < -0.3 is 5.11 Å². The van der Waals surface area contributed by atoms with Gasteiger partial charge in [0.1, 0.15) is 5.75 Å². The Balaban J connectivity index is 2.73. The van der Waals surface area contributed by atoms with Crippen LogP contribution in [0.15, 0.2) is 24.3 Å². The number of aromatic nitrogens is 1. The first-order valence-corrected chi connectivity index (χ1v) is 4.86. The van der Waals surface area contributed by atoms with Crippen molar-refractivity contribution in [2.75, 3.05) is 0 Å². The number of hydrogen-bond acceptors (Lipinski definition) is 2. The van der Waals surface area contributed by atoms with Crippen molar-refractivity contribution in [1.29, 1.82) is 0 Å².